The second-order valence-corrected chi connectivity index (χ2v) is 5.54. The van der Waals surface area contributed by atoms with Crippen molar-refractivity contribution in [1.29, 1.82) is 0 Å². The lowest BCUT2D eigenvalue weighted by atomic mass is 10.1. The molecule has 0 bridgehead atoms. The SMILES string of the molecule is CC(C)[C@H](OC(=O)Cc1c[nH]c2ccccc12)C(=O)NC(N)=O. The Labute approximate surface area is 133 Å². The molecule has 1 atom stereocenters. The van der Waals surface area contributed by atoms with Crippen molar-refractivity contribution in [1.82, 2.24) is 10.3 Å². The molecule has 1 aromatic carbocycles. The summed E-state index contributed by atoms with van der Waals surface area (Å²) in [7, 11) is 0. The van der Waals surface area contributed by atoms with Crippen LogP contribution in [-0.2, 0) is 20.7 Å². The van der Waals surface area contributed by atoms with Crippen LogP contribution in [0.2, 0.25) is 0 Å². The Morgan fingerprint density at radius 2 is 1.96 bits per heavy atom. The van der Waals surface area contributed by atoms with E-state index < -0.39 is 24.0 Å². The number of fused-ring (bicyclic) bond motifs is 1. The number of nitrogens with two attached hydrogens (primary N) is 1. The van der Waals surface area contributed by atoms with Crippen molar-refractivity contribution >= 4 is 28.8 Å². The third-order valence-corrected chi connectivity index (χ3v) is 3.38. The molecule has 4 N–H and O–H groups in total. The zero-order valence-electron chi connectivity index (χ0n) is 13.0. The molecule has 0 spiro atoms. The van der Waals surface area contributed by atoms with Crippen LogP contribution in [-0.4, -0.2) is 29.0 Å². The molecule has 0 radical (unpaired) electrons. The number of aromatic nitrogens is 1. The molecule has 2 aromatic rings. The fourth-order valence-electron chi connectivity index (χ4n) is 2.30. The van der Waals surface area contributed by atoms with Crippen LogP contribution in [0.5, 0.6) is 0 Å². The van der Waals surface area contributed by atoms with Gasteiger partial charge in [-0.25, -0.2) is 4.79 Å². The number of benzene rings is 1. The largest absolute Gasteiger partial charge is 0.452 e. The van der Waals surface area contributed by atoms with Gasteiger partial charge in [-0.15, -0.1) is 0 Å². The Hall–Kier alpha value is -2.83. The number of imide groups is 1. The fraction of sp³-hybridized carbons (Fsp3) is 0.312. The maximum atomic E-state index is 12.1. The second-order valence-electron chi connectivity index (χ2n) is 5.54. The van der Waals surface area contributed by atoms with Crippen LogP contribution in [0, 0.1) is 5.92 Å². The van der Waals surface area contributed by atoms with Crippen molar-refractivity contribution < 1.29 is 19.1 Å². The highest BCUT2D eigenvalue weighted by molar-refractivity contribution is 5.97. The predicted octanol–water partition coefficient (Wildman–Crippen LogP) is 1.47. The summed E-state index contributed by atoms with van der Waals surface area (Å²) in [5.41, 5.74) is 6.62. The van der Waals surface area contributed by atoms with Crippen LogP contribution in [0.1, 0.15) is 19.4 Å². The molecule has 0 fully saturated rings. The van der Waals surface area contributed by atoms with Crippen molar-refractivity contribution in [3.8, 4) is 0 Å². The van der Waals surface area contributed by atoms with Gasteiger partial charge in [-0.3, -0.25) is 14.9 Å². The van der Waals surface area contributed by atoms with E-state index in [1.165, 1.54) is 0 Å². The smallest absolute Gasteiger partial charge is 0.318 e. The molecule has 1 aromatic heterocycles. The summed E-state index contributed by atoms with van der Waals surface area (Å²) in [5, 5.41) is 2.86. The van der Waals surface area contributed by atoms with Gasteiger partial charge in [-0.05, 0) is 17.5 Å². The summed E-state index contributed by atoms with van der Waals surface area (Å²) in [6.07, 6.45) is 0.692. The van der Waals surface area contributed by atoms with E-state index in [0.29, 0.717) is 0 Å². The number of hydrogen-bond acceptors (Lipinski definition) is 4. The Morgan fingerprint density at radius 1 is 1.26 bits per heavy atom. The molecule has 0 saturated heterocycles. The van der Waals surface area contributed by atoms with Gasteiger partial charge in [0.2, 0.25) is 0 Å². The molecule has 7 heteroatoms. The summed E-state index contributed by atoms with van der Waals surface area (Å²) >= 11 is 0. The lowest BCUT2D eigenvalue weighted by Crippen LogP contribution is -2.45. The van der Waals surface area contributed by atoms with Gasteiger partial charge in [0.15, 0.2) is 6.10 Å². The van der Waals surface area contributed by atoms with Crippen molar-refractivity contribution in [3.63, 3.8) is 0 Å². The number of nitrogens with one attached hydrogen (secondary N) is 2. The molecule has 3 amide bonds. The minimum absolute atomic E-state index is 0.0249. The first-order chi connectivity index (χ1) is 10.9. The number of ether oxygens (including phenoxy) is 1. The Bertz CT molecular complexity index is 736. The Balaban J connectivity index is 2.07. The van der Waals surface area contributed by atoms with Crippen molar-refractivity contribution in [2.45, 2.75) is 26.4 Å². The lowest BCUT2D eigenvalue weighted by molar-refractivity contribution is -0.157. The molecule has 0 aliphatic carbocycles. The van der Waals surface area contributed by atoms with Crippen LogP contribution in [0.3, 0.4) is 0 Å². The zero-order valence-corrected chi connectivity index (χ0v) is 13.0. The lowest BCUT2D eigenvalue weighted by Gasteiger charge is -2.19. The summed E-state index contributed by atoms with van der Waals surface area (Å²) < 4.78 is 5.22. The first-order valence-electron chi connectivity index (χ1n) is 7.23. The first kappa shape index (κ1) is 16.5. The van der Waals surface area contributed by atoms with E-state index in [0.717, 1.165) is 16.5 Å². The molecule has 0 saturated carbocycles. The number of aromatic amines is 1. The first-order valence-corrected chi connectivity index (χ1v) is 7.23. The number of carbonyl (C=O) groups excluding carboxylic acids is 3. The highest BCUT2D eigenvalue weighted by Gasteiger charge is 2.27. The normalized spacial score (nSPS) is 12.1. The van der Waals surface area contributed by atoms with Crippen LogP contribution in [0.4, 0.5) is 4.79 Å². The number of H-pyrrole nitrogens is 1. The maximum Gasteiger partial charge on any atom is 0.318 e. The number of primary amides is 1. The topological polar surface area (TPSA) is 114 Å². The molecular weight excluding hydrogens is 298 g/mol. The van der Waals surface area contributed by atoms with Crippen molar-refractivity contribution in [2.24, 2.45) is 11.7 Å². The maximum absolute atomic E-state index is 12.1. The van der Waals surface area contributed by atoms with E-state index >= 15 is 0 Å². The standard InChI is InChI=1S/C16H19N3O4/c1-9(2)14(15(21)19-16(17)22)23-13(20)7-10-8-18-12-6-4-3-5-11(10)12/h3-6,8-9,14,18H,7H2,1-2H3,(H3,17,19,21,22)/t14-/m0/s1. The molecule has 7 nitrogen and oxygen atoms in total. The van der Waals surface area contributed by atoms with Crippen LogP contribution >= 0.6 is 0 Å². The molecular formula is C16H19N3O4. The molecule has 0 aliphatic rings. The molecule has 1 heterocycles. The Kier molecular flexibility index (Phi) is 5.00. The van der Waals surface area contributed by atoms with Crippen LogP contribution in [0.25, 0.3) is 10.9 Å². The number of rotatable bonds is 5. The summed E-state index contributed by atoms with van der Waals surface area (Å²) in [4.78, 5) is 37.8. The summed E-state index contributed by atoms with van der Waals surface area (Å²) in [6, 6.07) is 6.59. The number of para-hydroxylation sites is 1. The van der Waals surface area contributed by atoms with E-state index in [4.69, 9.17) is 10.5 Å². The molecule has 23 heavy (non-hydrogen) atoms. The van der Waals surface area contributed by atoms with Gasteiger partial charge in [-0.2, -0.15) is 0 Å². The average Bonchev–Trinajstić information content (AvgIpc) is 2.87. The quantitative estimate of drug-likeness (QED) is 0.724. The highest BCUT2D eigenvalue weighted by atomic mass is 16.5. The van der Waals surface area contributed by atoms with Gasteiger partial charge in [-0.1, -0.05) is 32.0 Å². The van der Waals surface area contributed by atoms with Gasteiger partial charge >= 0.3 is 12.0 Å². The number of esters is 1. The van der Waals surface area contributed by atoms with Crippen molar-refractivity contribution in [3.05, 3.63) is 36.0 Å². The third kappa shape index (κ3) is 4.09. The minimum Gasteiger partial charge on any atom is -0.452 e. The molecule has 0 unspecified atom stereocenters. The number of urea groups is 1. The molecule has 0 aliphatic heterocycles. The highest BCUT2D eigenvalue weighted by Crippen LogP contribution is 2.19. The van der Waals surface area contributed by atoms with E-state index in [1.54, 1.807) is 20.0 Å². The van der Waals surface area contributed by atoms with E-state index in [-0.39, 0.29) is 12.3 Å². The zero-order chi connectivity index (χ0) is 17.0. The average molecular weight is 317 g/mol. The van der Waals surface area contributed by atoms with Gasteiger partial charge in [0.25, 0.3) is 5.91 Å². The van der Waals surface area contributed by atoms with E-state index in [1.807, 2.05) is 29.6 Å². The third-order valence-electron chi connectivity index (χ3n) is 3.38. The van der Waals surface area contributed by atoms with Gasteiger partial charge in [0.05, 0.1) is 6.42 Å². The van der Waals surface area contributed by atoms with Gasteiger partial charge in [0, 0.05) is 17.1 Å². The van der Waals surface area contributed by atoms with Crippen molar-refractivity contribution in [2.75, 3.05) is 0 Å². The van der Waals surface area contributed by atoms with Crippen LogP contribution < -0.4 is 11.1 Å². The van der Waals surface area contributed by atoms with Crippen LogP contribution in [0.15, 0.2) is 30.5 Å². The monoisotopic (exact) mass is 317 g/mol. The fourth-order valence-corrected chi connectivity index (χ4v) is 2.30. The van der Waals surface area contributed by atoms with Gasteiger partial charge < -0.3 is 15.5 Å². The minimum atomic E-state index is -1.07. The van der Waals surface area contributed by atoms with E-state index in [2.05, 4.69) is 4.98 Å². The van der Waals surface area contributed by atoms with E-state index in [9.17, 15) is 14.4 Å². The summed E-state index contributed by atoms with van der Waals surface area (Å²) in [6.45, 7) is 3.43. The summed E-state index contributed by atoms with van der Waals surface area (Å²) in [5.74, 6) is -1.56. The molecule has 122 valence electrons. The second kappa shape index (κ2) is 6.95. The number of carbonyl (C=O) groups is 3. The number of hydrogen-bond donors (Lipinski definition) is 3. The predicted molar refractivity (Wildman–Crippen MR) is 84.4 cm³/mol. The van der Waals surface area contributed by atoms with Gasteiger partial charge in [0.1, 0.15) is 0 Å². The molecule has 2 rings (SSSR count). The Morgan fingerprint density at radius 3 is 2.61 bits per heavy atom. The number of amides is 3.